The molecule has 120 valence electrons. The molecule has 2 atom stereocenters. The van der Waals surface area contributed by atoms with Crippen molar-refractivity contribution in [2.45, 2.75) is 18.9 Å². The second-order valence-corrected chi connectivity index (χ2v) is 6.27. The Hall–Kier alpha value is -2.20. The Morgan fingerprint density at radius 1 is 1.09 bits per heavy atom. The Morgan fingerprint density at radius 3 is 2.48 bits per heavy atom. The second-order valence-electron chi connectivity index (χ2n) is 6.27. The fraction of sp³-hybridized carbons (Fsp3) is 0.316. The first-order valence-electron chi connectivity index (χ1n) is 7.96. The molecule has 2 N–H and O–H groups in total. The van der Waals surface area contributed by atoms with Gasteiger partial charge in [0.25, 0.3) is 5.91 Å². The summed E-state index contributed by atoms with van der Waals surface area (Å²) in [5.41, 5.74) is 7.93. The summed E-state index contributed by atoms with van der Waals surface area (Å²) in [6.45, 7) is 1.28. The highest BCUT2D eigenvalue weighted by Crippen LogP contribution is 2.22. The molecule has 0 aliphatic carbocycles. The van der Waals surface area contributed by atoms with Crippen molar-refractivity contribution in [1.29, 1.82) is 0 Å². The first kappa shape index (κ1) is 15.7. The maximum Gasteiger partial charge on any atom is 0.253 e. The number of hydrogen-bond acceptors (Lipinski definition) is 2. The third kappa shape index (κ3) is 3.96. The Balaban J connectivity index is 1.69. The number of halogens is 1. The lowest BCUT2D eigenvalue weighted by Gasteiger charge is -2.36. The Kier molecular flexibility index (Phi) is 4.72. The minimum absolute atomic E-state index is 0.0122. The lowest BCUT2D eigenvalue weighted by atomic mass is 9.88. The van der Waals surface area contributed by atoms with Crippen molar-refractivity contribution in [2.75, 3.05) is 13.1 Å². The molecule has 1 amide bonds. The summed E-state index contributed by atoms with van der Waals surface area (Å²) in [5, 5.41) is 0. The van der Waals surface area contributed by atoms with Crippen LogP contribution in [0.2, 0.25) is 0 Å². The number of likely N-dealkylation sites (tertiary alicyclic amines) is 1. The maximum absolute atomic E-state index is 13.0. The smallest absolute Gasteiger partial charge is 0.253 e. The molecule has 1 heterocycles. The number of amides is 1. The molecule has 1 aliphatic heterocycles. The van der Waals surface area contributed by atoms with Crippen LogP contribution in [0, 0.1) is 11.7 Å². The van der Waals surface area contributed by atoms with E-state index < -0.39 is 0 Å². The molecule has 3 nitrogen and oxygen atoms in total. The maximum atomic E-state index is 13.0. The molecule has 0 aromatic heterocycles. The van der Waals surface area contributed by atoms with Gasteiger partial charge in [0, 0.05) is 24.7 Å². The van der Waals surface area contributed by atoms with Crippen LogP contribution in [-0.4, -0.2) is 29.9 Å². The number of hydrogen-bond donors (Lipinski definition) is 1. The van der Waals surface area contributed by atoms with Gasteiger partial charge in [-0.25, -0.2) is 4.39 Å². The van der Waals surface area contributed by atoms with Gasteiger partial charge in [-0.15, -0.1) is 0 Å². The Bertz CT molecular complexity index is 657. The van der Waals surface area contributed by atoms with E-state index in [9.17, 15) is 9.18 Å². The predicted molar refractivity (Wildman–Crippen MR) is 88.5 cm³/mol. The molecule has 2 unspecified atom stereocenters. The number of carbonyl (C=O) groups is 1. The topological polar surface area (TPSA) is 46.3 Å². The second kappa shape index (κ2) is 6.92. The van der Waals surface area contributed by atoms with Crippen LogP contribution in [0.1, 0.15) is 22.3 Å². The summed E-state index contributed by atoms with van der Waals surface area (Å²) in [6, 6.07) is 15.8. The van der Waals surface area contributed by atoms with E-state index in [1.165, 1.54) is 12.1 Å². The first-order valence-corrected chi connectivity index (χ1v) is 7.96. The van der Waals surface area contributed by atoms with Gasteiger partial charge in [-0.2, -0.15) is 0 Å². The lowest BCUT2D eigenvalue weighted by molar-refractivity contribution is 0.0649. The fourth-order valence-corrected chi connectivity index (χ4v) is 3.28. The minimum atomic E-state index is -0.227. The normalized spacial score (nSPS) is 21.2. The van der Waals surface area contributed by atoms with Crippen LogP contribution in [0.5, 0.6) is 0 Å². The molecule has 3 rings (SSSR count). The van der Waals surface area contributed by atoms with Gasteiger partial charge < -0.3 is 10.6 Å². The highest BCUT2D eigenvalue weighted by Gasteiger charge is 2.28. The van der Waals surface area contributed by atoms with Crippen LogP contribution in [0.25, 0.3) is 0 Å². The molecule has 1 aliphatic rings. The van der Waals surface area contributed by atoms with Crippen LogP contribution < -0.4 is 5.73 Å². The SMILES string of the molecule is NC1CC(Cc2ccc(F)cc2)CN(C(=O)c2ccccc2)C1. The molecular weight excluding hydrogens is 291 g/mol. The van der Waals surface area contributed by atoms with Gasteiger partial charge >= 0.3 is 0 Å². The Morgan fingerprint density at radius 2 is 1.78 bits per heavy atom. The van der Waals surface area contributed by atoms with Gasteiger partial charge in [-0.05, 0) is 48.6 Å². The van der Waals surface area contributed by atoms with Crippen molar-refractivity contribution in [3.05, 3.63) is 71.5 Å². The largest absolute Gasteiger partial charge is 0.337 e. The highest BCUT2D eigenvalue weighted by atomic mass is 19.1. The molecule has 0 radical (unpaired) electrons. The summed E-state index contributed by atoms with van der Waals surface area (Å²) in [5.74, 6) is 0.108. The highest BCUT2D eigenvalue weighted by molar-refractivity contribution is 5.94. The summed E-state index contributed by atoms with van der Waals surface area (Å²) in [7, 11) is 0. The zero-order chi connectivity index (χ0) is 16.2. The van der Waals surface area contributed by atoms with E-state index in [0.29, 0.717) is 24.6 Å². The van der Waals surface area contributed by atoms with Crippen LogP contribution in [-0.2, 0) is 6.42 Å². The number of nitrogens with zero attached hydrogens (tertiary/aromatic N) is 1. The van der Waals surface area contributed by atoms with E-state index >= 15 is 0 Å². The van der Waals surface area contributed by atoms with Gasteiger partial charge in [0.15, 0.2) is 0 Å². The monoisotopic (exact) mass is 312 g/mol. The number of rotatable bonds is 3. The lowest BCUT2D eigenvalue weighted by Crippen LogP contribution is -2.49. The Labute approximate surface area is 135 Å². The molecule has 1 fully saturated rings. The van der Waals surface area contributed by atoms with Crippen LogP contribution in [0.15, 0.2) is 54.6 Å². The standard InChI is InChI=1S/C19H21FN2O/c20-17-8-6-14(7-9-17)10-15-11-18(21)13-22(12-15)19(23)16-4-2-1-3-5-16/h1-9,15,18H,10-13,21H2. The van der Waals surface area contributed by atoms with Gasteiger partial charge in [-0.3, -0.25) is 4.79 Å². The van der Waals surface area contributed by atoms with Crippen molar-refractivity contribution in [2.24, 2.45) is 11.7 Å². The number of benzene rings is 2. The number of nitrogens with two attached hydrogens (primary N) is 1. The van der Waals surface area contributed by atoms with Crippen molar-refractivity contribution < 1.29 is 9.18 Å². The van der Waals surface area contributed by atoms with E-state index in [1.807, 2.05) is 35.2 Å². The van der Waals surface area contributed by atoms with Crippen molar-refractivity contribution in [3.8, 4) is 0 Å². The van der Waals surface area contributed by atoms with E-state index in [4.69, 9.17) is 5.73 Å². The van der Waals surface area contributed by atoms with E-state index in [-0.39, 0.29) is 17.8 Å². The summed E-state index contributed by atoms with van der Waals surface area (Å²) < 4.78 is 13.0. The third-order valence-corrected chi connectivity index (χ3v) is 4.32. The predicted octanol–water partition coefficient (Wildman–Crippen LogP) is 2.86. The van der Waals surface area contributed by atoms with Crippen LogP contribution in [0.3, 0.4) is 0 Å². The zero-order valence-corrected chi connectivity index (χ0v) is 13.0. The van der Waals surface area contributed by atoms with E-state index in [0.717, 1.165) is 18.4 Å². The van der Waals surface area contributed by atoms with Crippen LogP contribution >= 0.6 is 0 Å². The number of piperidine rings is 1. The van der Waals surface area contributed by atoms with Gasteiger partial charge in [0.1, 0.15) is 5.82 Å². The molecule has 23 heavy (non-hydrogen) atoms. The zero-order valence-electron chi connectivity index (χ0n) is 13.0. The molecule has 2 aromatic rings. The van der Waals surface area contributed by atoms with Gasteiger partial charge in [0.2, 0.25) is 0 Å². The van der Waals surface area contributed by atoms with Gasteiger partial charge in [0.05, 0.1) is 0 Å². The quantitative estimate of drug-likeness (QED) is 0.947. The third-order valence-electron chi connectivity index (χ3n) is 4.32. The molecule has 1 saturated heterocycles. The molecule has 4 heteroatoms. The molecule has 0 bridgehead atoms. The minimum Gasteiger partial charge on any atom is -0.337 e. The average Bonchev–Trinajstić information content (AvgIpc) is 2.56. The van der Waals surface area contributed by atoms with Crippen LogP contribution in [0.4, 0.5) is 4.39 Å². The molecule has 0 saturated carbocycles. The summed E-state index contributed by atoms with van der Waals surface area (Å²) >= 11 is 0. The molecule has 2 aromatic carbocycles. The van der Waals surface area contributed by atoms with Gasteiger partial charge in [-0.1, -0.05) is 30.3 Å². The fourth-order valence-electron chi connectivity index (χ4n) is 3.28. The van der Waals surface area contributed by atoms with Crippen molar-refractivity contribution in [1.82, 2.24) is 4.90 Å². The summed E-state index contributed by atoms with van der Waals surface area (Å²) in [6.07, 6.45) is 1.70. The van der Waals surface area contributed by atoms with Crippen molar-refractivity contribution in [3.63, 3.8) is 0 Å². The molecular formula is C19H21FN2O. The first-order chi connectivity index (χ1) is 11.1. The summed E-state index contributed by atoms with van der Waals surface area (Å²) in [4.78, 5) is 14.5. The number of carbonyl (C=O) groups excluding carboxylic acids is 1. The van der Waals surface area contributed by atoms with Crippen molar-refractivity contribution >= 4 is 5.91 Å². The van der Waals surface area contributed by atoms with E-state index in [1.54, 1.807) is 12.1 Å². The van der Waals surface area contributed by atoms with E-state index in [2.05, 4.69) is 0 Å². The average molecular weight is 312 g/mol. The molecule has 0 spiro atoms.